The van der Waals surface area contributed by atoms with Gasteiger partial charge in [-0.2, -0.15) is 0 Å². The number of benzene rings is 1. The third-order valence-corrected chi connectivity index (χ3v) is 5.03. The minimum atomic E-state index is -1.11. The van der Waals surface area contributed by atoms with Crippen LogP contribution in [-0.2, 0) is 20.3 Å². The molecule has 0 aromatic heterocycles. The van der Waals surface area contributed by atoms with Gasteiger partial charge < -0.3 is 14.7 Å². The van der Waals surface area contributed by atoms with Crippen molar-refractivity contribution >= 4 is 22.7 Å². The van der Waals surface area contributed by atoms with Crippen LogP contribution < -0.4 is 0 Å². The lowest BCUT2D eigenvalue weighted by molar-refractivity contribution is -0.147. The van der Waals surface area contributed by atoms with Gasteiger partial charge in [0.15, 0.2) is 6.04 Å². The maximum atomic E-state index is 12.5. The molecule has 0 aliphatic carbocycles. The SMILES string of the molecule is CC(C)S(=O)c1ccc(C(=O)N2CCOCC2C(=O)O)cc1. The van der Waals surface area contributed by atoms with E-state index in [2.05, 4.69) is 0 Å². The fraction of sp³-hybridized carbons (Fsp3) is 0.467. The van der Waals surface area contributed by atoms with E-state index in [4.69, 9.17) is 9.84 Å². The van der Waals surface area contributed by atoms with Crippen LogP contribution >= 0.6 is 0 Å². The Hall–Kier alpha value is -1.73. The number of amides is 1. The number of aliphatic carboxylic acids is 1. The van der Waals surface area contributed by atoms with Crippen LogP contribution in [0.25, 0.3) is 0 Å². The Kier molecular flexibility index (Phi) is 5.31. The molecule has 1 amide bonds. The molecule has 120 valence electrons. The molecule has 0 saturated carbocycles. The third-order valence-electron chi connectivity index (χ3n) is 3.44. The summed E-state index contributed by atoms with van der Waals surface area (Å²) in [5.74, 6) is -1.43. The average molecular weight is 325 g/mol. The summed E-state index contributed by atoms with van der Waals surface area (Å²) in [7, 11) is -1.11. The zero-order valence-electron chi connectivity index (χ0n) is 12.5. The van der Waals surface area contributed by atoms with Crippen molar-refractivity contribution in [3.05, 3.63) is 29.8 Å². The van der Waals surface area contributed by atoms with Crippen molar-refractivity contribution in [2.24, 2.45) is 0 Å². The van der Waals surface area contributed by atoms with Crippen molar-refractivity contribution in [3.63, 3.8) is 0 Å². The molecule has 1 aromatic rings. The van der Waals surface area contributed by atoms with E-state index < -0.39 is 22.8 Å². The van der Waals surface area contributed by atoms with Crippen molar-refractivity contribution in [1.82, 2.24) is 4.90 Å². The van der Waals surface area contributed by atoms with Gasteiger partial charge in [-0.25, -0.2) is 4.79 Å². The summed E-state index contributed by atoms with van der Waals surface area (Å²) in [4.78, 5) is 25.6. The second-order valence-electron chi connectivity index (χ2n) is 5.30. The van der Waals surface area contributed by atoms with Crippen molar-refractivity contribution in [2.45, 2.75) is 30.0 Å². The van der Waals surface area contributed by atoms with Crippen molar-refractivity contribution in [1.29, 1.82) is 0 Å². The summed E-state index contributed by atoms with van der Waals surface area (Å²) < 4.78 is 17.1. The van der Waals surface area contributed by atoms with Gasteiger partial charge in [0.2, 0.25) is 0 Å². The molecular formula is C15H19NO5S. The Bertz CT molecular complexity index is 584. The maximum Gasteiger partial charge on any atom is 0.328 e. The minimum absolute atomic E-state index is 0.00261. The number of hydrogen-bond donors (Lipinski definition) is 1. The van der Waals surface area contributed by atoms with Crippen LogP contribution in [0.1, 0.15) is 24.2 Å². The van der Waals surface area contributed by atoms with Crippen molar-refractivity contribution in [2.75, 3.05) is 19.8 Å². The van der Waals surface area contributed by atoms with Gasteiger partial charge in [0.1, 0.15) is 0 Å². The first-order chi connectivity index (χ1) is 10.4. The van der Waals surface area contributed by atoms with Crippen LogP contribution in [-0.4, -0.2) is 57.1 Å². The lowest BCUT2D eigenvalue weighted by atomic mass is 10.1. The zero-order valence-corrected chi connectivity index (χ0v) is 13.3. The summed E-state index contributed by atoms with van der Waals surface area (Å²) in [5, 5.41) is 9.17. The molecule has 1 saturated heterocycles. The van der Waals surface area contributed by atoms with Crippen LogP contribution in [0.2, 0.25) is 0 Å². The second-order valence-corrected chi connectivity index (χ2v) is 7.31. The number of hydrogen-bond acceptors (Lipinski definition) is 4. The largest absolute Gasteiger partial charge is 0.480 e. The number of ether oxygens (including phenoxy) is 1. The van der Waals surface area contributed by atoms with E-state index in [1.54, 1.807) is 24.3 Å². The van der Waals surface area contributed by atoms with Gasteiger partial charge in [0.05, 0.1) is 24.0 Å². The fourth-order valence-electron chi connectivity index (χ4n) is 2.22. The maximum absolute atomic E-state index is 12.5. The molecule has 1 N–H and O–H groups in total. The van der Waals surface area contributed by atoms with Gasteiger partial charge in [-0.15, -0.1) is 0 Å². The van der Waals surface area contributed by atoms with Crippen molar-refractivity contribution < 1.29 is 23.6 Å². The fourth-order valence-corrected chi connectivity index (χ4v) is 3.17. The number of carboxylic acid groups (broad SMARTS) is 1. The molecule has 1 heterocycles. The predicted octanol–water partition coefficient (Wildman–Crippen LogP) is 1.13. The predicted molar refractivity (Wildman–Crippen MR) is 81.3 cm³/mol. The van der Waals surface area contributed by atoms with E-state index in [0.717, 1.165) is 0 Å². The van der Waals surface area contributed by atoms with Gasteiger partial charge in [0, 0.05) is 22.3 Å². The zero-order chi connectivity index (χ0) is 16.3. The molecule has 2 unspecified atom stereocenters. The highest BCUT2D eigenvalue weighted by Gasteiger charge is 2.33. The summed E-state index contributed by atoms with van der Waals surface area (Å²) in [5.41, 5.74) is 0.387. The van der Waals surface area contributed by atoms with E-state index in [0.29, 0.717) is 17.1 Å². The Balaban J connectivity index is 2.18. The molecule has 1 aromatic carbocycles. The summed E-state index contributed by atoms with van der Waals surface area (Å²) in [6.45, 7) is 4.29. The Morgan fingerprint density at radius 2 is 1.95 bits per heavy atom. The Labute approximate surface area is 131 Å². The number of carboxylic acids is 1. The highest BCUT2D eigenvalue weighted by atomic mass is 32.2. The number of carbonyl (C=O) groups is 2. The number of nitrogens with zero attached hydrogens (tertiary/aromatic N) is 1. The molecule has 2 atom stereocenters. The number of carbonyl (C=O) groups excluding carboxylic acids is 1. The second kappa shape index (κ2) is 7.02. The van der Waals surface area contributed by atoms with Crippen molar-refractivity contribution in [3.8, 4) is 0 Å². The summed E-state index contributed by atoms with van der Waals surface area (Å²) in [6.07, 6.45) is 0. The van der Waals surface area contributed by atoms with Crippen LogP contribution in [0, 0.1) is 0 Å². The van der Waals surface area contributed by atoms with Crippen LogP contribution in [0.4, 0.5) is 0 Å². The molecule has 1 fully saturated rings. The van der Waals surface area contributed by atoms with Gasteiger partial charge in [-0.05, 0) is 24.3 Å². The lowest BCUT2D eigenvalue weighted by Gasteiger charge is -2.32. The van der Waals surface area contributed by atoms with Gasteiger partial charge in [0.25, 0.3) is 5.91 Å². The number of morpholine rings is 1. The standard InChI is InChI=1S/C15H19NO5S/c1-10(2)22(20)12-5-3-11(4-6-12)14(17)16-7-8-21-9-13(16)15(18)19/h3-6,10,13H,7-9H2,1-2H3,(H,18,19). The monoisotopic (exact) mass is 325 g/mol. The molecular weight excluding hydrogens is 306 g/mol. The van der Waals surface area contributed by atoms with E-state index in [9.17, 15) is 13.8 Å². The topological polar surface area (TPSA) is 83.9 Å². The minimum Gasteiger partial charge on any atom is -0.480 e. The first-order valence-electron chi connectivity index (χ1n) is 7.04. The van der Waals surface area contributed by atoms with Crippen LogP contribution in [0.15, 0.2) is 29.2 Å². The van der Waals surface area contributed by atoms with Gasteiger partial charge in [-0.1, -0.05) is 13.8 Å². The summed E-state index contributed by atoms with van der Waals surface area (Å²) >= 11 is 0. The quantitative estimate of drug-likeness (QED) is 0.897. The van der Waals surface area contributed by atoms with Crippen LogP contribution in [0.3, 0.4) is 0 Å². The highest BCUT2D eigenvalue weighted by Crippen LogP contribution is 2.16. The van der Waals surface area contributed by atoms with Gasteiger partial charge >= 0.3 is 5.97 Å². The molecule has 0 radical (unpaired) electrons. The molecule has 22 heavy (non-hydrogen) atoms. The van der Waals surface area contributed by atoms with Crippen LogP contribution in [0.5, 0.6) is 0 Å². The van der Waals surface area contributed by atoms with E-state index in [1.165, 1.54) is 4.90 Å². The molecule has 2 rings (SSSR count). The smallest absolute Gasteiger partial charge is 0.328 e. The first kappa shape index (κ1) is 16.6. The molecule has 1 aliphatic heterocycles. The first-order valence-corrected chi connectivity index (χ1v) is 8.25. The number of rotatable bonds is 4. The van der Waals surface area contributed by atoms with E-state index in [-0.39, 0.29) is 24.3 Å². The molecule has 7 heteroatoms. The third kappa shape index (κ3) is 3.53. The molecule has 6 nitrogen and oxygen atoms in total. The van der Waals surface area contributed by atoms with Gasteiger partial charge in [-0.3, -0.25) is 9.00 Å². The summed E-state index contributed by atoms with van der Waals surface area (Å²) in [6, 6.07) is 5.52. The van der Waals surface area contributed by atoms with E-state index >= 15 is 0 Å². The Morgan fingerprint density at radius 3 is 2.50 bits per heavy atom. The molecule has 0 bridgehead atoms. The van der Waals surface area contributed by atoms with E-state index in [1.807, 2.05) is 13.8 Å². The lowest BCUT2D eigenvalue weighted by Crippen LogP contribution is -2.52. The highest BCUT2D eigenvalue weighted by molar-refractivity contribution is 7.85. The normalized spacial score (nSPS) is 20.0. The molecule has 1 aliphatic rings. The molecule has 0 spiro atoms. The Morgan fingerprint density at radius 1 is 1.32 bits per heavy atom. The average Bonchev–Trinajstić information content (AvgIpc) is 2.53.